The molecule has 4 nitrogen and oxygen atoms in total. The van der Waals surface area contributed by atoms with Crippen molar-refractivity contribution in [2.24, 2.45) is 0 Å². The summed E-state index contributed by atoms with van der Waals surface area (Å²) in [6.45, 7) is 0. The van der Waals surface area contributed by atoms with Crippen LogP contribution in [0.25, 0.3) is 0 Å². The van der Waals surface area contributed by atoms with Crippen LogP contribution in [0.15, 0.2) is 36.4 Å². The maximum Gasteiger partial charge on any atom is 0.261 e. The number of amides is 1. The first-order valence-corrected chi connectivity index (χ1v) is 5.72. The maximum absolute atomic E-state index is 13.5. The van der Waals surface area contributed by atoms with Crippen LogP contribution in [-0.2, 0) is 0 Å². The van der Waals surface area contributed by atoms with E-state index in [4.69, 9.17) is 10.5 Å². The number of nitrogens with two attached hydrogens (primary N) is 1. The summed E-state index contributed by atoms with van der Waals surface area (Å²) in [5, 5.41) is 2.33. The lowest BCUT2D eigenvalue weighted by atomic mass is 10.1. The first kappa shape index (κ1) is 13.8. The number of hydrogen-bond donors (Lipinski definition) is 2. The van der Waals surface area contributed by atoms with Gasteiger partial charge in [-0.05, 0) is 24.3 Å². The quantitative estimate of drug-likeness (QED) is 0.848. The van der Waals surface area contributed by atoms with Gasteiger partial charge < -0.3 is 15.8 Å². The Bertz CT molecular complexity index is 660. The van der Waals surface area contributed by atoms with Crippen LogP contribution in [0.1, 0.15) is 10.4 Å². The van der Waals surface area contributed by atoms with Crippen LogP contribution in [0.5, 0.6) is 5.75 Å². The molecule has 0 aliphatic heterocycles. The average molecular weight is 278 g/mol. The molecule has 0 spiro atoms. The van der Waals surface area contributed by atoms with Gasteiger partial charge in [-0.2, -0.15) is 0 Å². The molecular formula is C14H12F2N2O2. The zero-order valence-corrected chi connectivity index (χ0v) is 10.6. The summed E-state index contributed by atoms with van der Waals surface area (Å²) in [5.74, 6) is -1.96. The Labute approximate surface area is 114 Å². The molecule has 0 aliphatic carbocycles. The topological polar surface area (TPSA) is 64.3 Å². The van der Waals surface area contributed by atoms with Gasteiger partial charge in [0.15, 0.2) is 0 Å². The molecule has 3 N–H and O–H groups in total. The molecule has 0 unspecified atom stereocenters. The number of anilines is 2. The van der Waals surface area contributed by atoms with E-state index in [9.17, 15) is 13.6 Å². The van der Waals surface area contributed by atoms with Crippen molar-refractivity contribution >= 4 is 17.3 Å². The van der Waals surface area contributed by atoms with Crippen molar-refractivity contribution in [3.63, 3.8) is 0 Å². The minimum Gasteiger partial charge on any atom is -0.496 e. The van der Waals surface area contributed by atoms with Crippen LogP contribution in [0.4, 0.5) is 20.2 Å². The first-order chi connectivity index (χ1) is 9.52. The van der Waals surface area contributed by atoms with Crippen molar-refractivity contribution in [2.75, 3.05) is 18.2 Å². The Morgan fingerprint density at radius 3 is 2.65 bits per heavy atom. The molecule has 0 heterocycles. The molecule has 0 bridgehead atoms. The lowest BCUT2D eigenvalue weighted by Gasteiger charge is -2.12. The van der Waals surface area contributed by atoms with Crippen LogP contribution in [0.2, 0.25) is 0 Å². The van der Waals surface area contributed by atoms with E-state index in [2.05, 4.69) is 5.32 Å². The van der Waals surface area contributed by atoms with Crippen molar-refractivity contribution in [1.82, 2.24) is 0 Å². The highest BCUT2D eigenvalue weighted by Crippen LogP contribution is 2.25. The zero-order valence-electron chi connectivity index (χ0n) is 10.6. The minimum absolute atomic E-state index is 0.0960. The number of methoxy groups -OCH3 is 1. The fourth-order valence-electron chi connectivity index (χ4n) is 1.74. The molecule has 20 heavy (non-hydrogen) atoms. The van der Waals surface area contributed by atoms with Crippen LogP contribution in [0.3, 0.4) is 0 Å². The van der Waals surface area contributed by atoms with Gasteiger partial charge in [-0.1, -0.05) is 6.07 Å². The van der Waals surface area contributed by atoms with Crippen molar-refractivity contribution in [3.05, 3.63) is 53.6 Å². The Kier molecular flexibility index (Phi) is 3.84. The summed E-state index contributed by atoms with van der Waals surface area (Å²) in [5.41, 5.74) is 5.88. The second kappa shape index (κ2) is 5.56. The molecule has 104 valence electrons. The van der Waals surface area contributed by atoms with E-state index in [1.165, 1.54) is 13.2 Å². The number of carbonyl (C=O) groups excluding carboxylic acids is 1. The Morgan fingerprint density at radius 2 is 2.00 bits per heavy atom. The van der Waals surface area contributed by atoms with Gasteiger partial charge in [-0.15, -0.1) is 0 Å². The lowest BCUT2D eigenvalue weighted by Crippen LogP contribution is -2.16. The third-order valence-corrected chi connectivity index (χ3v) is 2.68. The van der Waals surface area contributed by atoms with E-state index >= 15 is 0 Å². The molecule has 2 rings (SSSR count). The number of nitrogen functional groups attached to an aromatic ring is 1. The van der Waals surface area contributed by atoms with Gasteiger partial charge in [0.2, 0.25) is 0 Å². The number of nitrogens with one attached hydrogen (secondary N) is 1. The van der Waals surface area contributed by atoms with E-state index in [1.807, 2.05) is 0 Å². The van der Waals surface area contributed by atoms with Crippen molar-refractivity contribution in [2.45, 2.75) is 0 Å². The van der Waals surface area contributed by atoms with Crippen LogP contribution >= 0.6 is 0 Å². The Morgan fingerprint density at radius 1 is 1.25 bits per heavy atom. The predicted molar refractivity (Wildman–Crippen MR) is 71.7 cm³/mol. The molecule has 1 amide bonds. The van der Waals surface area contributed by atoms with Gasteiger partial charge in [0, 0.05) is 11.8 Å². The zero-order chi connectivity index (χ0) is 14.7. The highest BCUT2D eigenvalue weighted by atomic mass is 19.1. The van der Waals surface area contributed by atoms with Gasteiger partial charge in [0.25, 0.3) is 5.91 Å². The normalized spacial score (nSPS) is 10.2. The van der Waals surface area contributed by atoms with E-state index in [0.717, 1.165) is 12.1 Å². The van der Waals surface area contributed by atoms with Gasteiger partial charge in [0.1, 0.15) is 22.9 Å². The fourth-order valence-corrected chi connectivity index (χ4v) is 1.74. The highest BCUT2D eigenvalue weighted by Gasteiger charge is 2.17. The molecule has 0 saturated carbocycles. The summed E-state index contributed by atoms with van der Waals surface area (Å²) >= 11 is 0. The van der Waals surface area contributed by atoms with Crippen molar-refractivity contribution < 1.29 is 18.3 Å². The second-order valence-electron chi connectivity index (χ2n) is 4.00. The predicted octanol–water partition coefficient (Wildman–Crippen LogP) is 2.81. The molecule has 2 aromatic rings. The summed E-state index contributed by atoms with van der Waals surface area (Å²) in [6.07, 6.45) is 0. The Hall–Kier alpha value is -2.63. The largest absolute Gasteiger partial charge is 0.496 e. The Balaban J connectivity index is 2.33. The van der Waals surface area contributed by atoms with Gasteiger partial charge in [-0.3, -0.25) is 4.79 Å². The number of ether oxygens (including phenoxy) is 1. The highest BCUT2D eigenvalue weighted by molar-refractivity contribution is 6.09. The molecule has 2 aromatic carbocycles. The molecule has 0 aromatic heterocycles. The molecule has 0 fully saturated rings. The second-order valence-corrected chi connectivity index (χ2v) is 4.00. The summed E-state index contributed by atoms with van der Waals surface area (Å²) in [4.78, 5) is 12.1. The number of benzene rings is 2. The molecular weight excluding hydrogens is 266 g/mol. The monoisotopic (exact) mass is 278 g/mol. The molecule has 6 heteroatoms. The first-order valence-electron chi connectivity index (χ1n) is 5.72. The molecule has 0 saturated heterocycles. The van der Waals surface area contributed by atoms with E-state index in [0.29, 0.717) is 6.07 Å². The maximum atomic E-state index is 13.5. The van der Waals surface area contributed by atoms with E-state index in [-0.39, 0.29) is 22.7 Å². The smallest absolute Gasteiger partial charge is 0.261 e. The summed E-state index contributed by atoms with van der Waals surface area (Å²) in [7, 11) is 1.39. The van der Waals surface area contributed by atoms with Gasteiger partial charge in [-0.25, -0.2) is 8.78 Å². The standard InChI is InChI=1S/C14H12F2N2O2/c1-20-12-4-2-3-10(17)13(12)14(19)18-11-6-5-8(15)7-9(11)16/h2-7H,17H2,1H3,(H,18,19). The van der Waals surface area contributed by atoms with Crippen LogP contribution in [-0.4, -0.2) is 13.0 Å². The van der Waals surface area contributed by atoms with Crippen LogP contribution < -0.4 is 15.8 Å². The van der Waals surface area contributed by atoms with E-state index < -0.39 is 17.5 Å². The minimum atomic E-state index is -0.869. The van der Waals surface area contributed by atoms with Crippen molar-refractivity contribution in [1.29, 1.82) is 0 Å². The molecule has 0 aliphatic rings. The average Bonchev–Trinajstić information content (AvgIpc) is 2.41. The fraction of sp³-hybridized carbons (Fsp3) is 0.0714. The summed E-state index contributed by atoms with van der Waals surface area (Å²) < 4.78 is 31.3. The van der Waals surface area contributed by atoms with Crippen molar-refractivity contribution in [3.8, 4) is 5.75 Å². The lowest BCUT2D eigenvalue weighted by molar-refractivity contribution is 0.102. The molecule has 0 radical (unpaired) electrons. The number of hydrogen-bond acceptors (Lipinski definition) is 3. The summed E-state index contributed by atoms with van der Waals surface area (Å²) in [6, 6.07) is 7.58. The third kappa shape index (κ3) is 2.69. The third-order valence-electron chi connectivity index (χ3n) is 2.68. The number of halogens is 2. The number of rotatable bonds is 3. The van der Waals surface area contributed by atoms with Gasteiger partial charge in [0.05, 0.1) is 12.8 Å². The number of carbonyl (C=O) groups is 1. The molecule has 0 atom stereocenters. The van der Waals surface area contributed by atoms with E-state index in [1.54, 1.807) is 12.1 Å². The SMILES string of the molecule is COc1cccc(N)c1C(=O)Nc1ccc(F)cc1F. The van der Waals surface area contributed by atoms with Gasteiger partial charge >= 0.3 is 0 Å². The van der Waals surface area contributed by atoms with Crippen LogP contribution in [0, 0.1) is 11.6 Å².